The number of aryl methyl sites for hydroxylation is 1. The van der Waals surface area contributed by atoms with Gasteiger partial charge in [0, 0.05) is 25.3 Å². The highest BCUT2D eigenvalue weighted by Crippen LogP contribution is 2.31. The minimum Gasteiger partial charge on any atom is -0.428 e. The van der Waals surface area contributed by atoms with Crippen molar-refractivity contribution < 1.29 is 26.4 Å². The molecular formula is C30H31N3O6S3. The van der Waals surface area contributed by atoms with Crippen LogP contribution < -0.4 is 0 Å². The van der Waals surface area contributed by atoms with Gasteiger partial charge in [0.05, 0.1) is 16.3 Å². The molecule has 1 aliphatic heterocycles. The molecule has 0 saturated carbocycles. The summed E-state index contributed by atoms with van der Waals surface area (Å²) >= 11 is 4.48. The van der Waals surface area contributed by atoms with E-state index in [1.807, 2.05) is 31.2 Å². The van der Waals surface area contributed by atoms with Gasteiger partial charge in [-0.05, 0) is 47.5 Å². The van der Waals surface area contributed by atoms with Gasteiger partial charge in [0.25, 0.3) is 10.0 Å². The van der Waals surface area contributed by atoms with Gasteiger partial charge in [-0.25, -0.2) is 26.6 Å². The maximum absolute atomic E-state index is 13.8. The second-order valence-electron chi connectivity index (χ2n) is 10.1. The molecule has 1 heterocycles. The minimum absolute atomic E-state index is 0.000443. The molecule has 12 heteroatoms. The lowest BCUT2D eigenvalue weighted by molar-refractivity contribution is -0.00446. The Kier molecular flexibility index (Phi) is 8.63. The third-order valence-electron chi connectivity index (χ3n) is 7.11. The monoisotopic (exact) mass is 625 g/mol. The number of ether oxygens (including phenoxy) is 1. The number of fused-ring (bicyclic) bond motifs is 1. The summed E-state index contributed by atoms with van der Waals surface area (Å²) in [5, 5.41) is 2.13. The van der Waals surface area contributed by atoms with Gasteiger partial charge >= 0.3 is 6.09 Å². The number of hydrogen-bond acceptors (Lipinski definition) is 7. The van der Waals surface area contributed by atoms with E-state index in [4.69, 9.17) is 4.74 Å². The van der Waals surface area contributed by atoms with E-state index in [-0.39, 0.29) is 34.6 Å². The largest absolute Gasteiger partial charge is 0.428 e. The Balaban J connectivity index is 1.42. The number of thiol groups is 1. The highest BCUT2D eigenvalue weighted by atomic mass is 32.2. The number of carbonyl (C=O) groups is 1. The summed E-state index contributed by atoms with van der Waals surface area (Å²) in [6.07, 6.45) is -2.06. The molecule has 9 nitrogen and oxygen atoms in total. The summed E-state index contributed by atoms with van der Waals surface area (Å²) in [5.74, 6) is 0. The number of hydrazine groups is 1. The first-order valence-corrected chi connectivity index (χ1v) is 16.6. The number of sulfonamides is 2. The maximum atomic E-state index is 13.8. The zero-order chi connectivity index (χ0) is 30.1. The fourth-order valence-corrected chi connectivity index (χ4v) is 8.28. The van der Waals surface area contributed by atoms with Crippen molar-refractivity contribution in [3.05, 3.63) is 108 Å². The van der Waals surface area contributed by atoms with Gasteiger partial charge in [-0.1, -0.05) is 78.4 Å². The molecule has 0 unspecified atom stereocenters. The molecule has 220 valence electrons. The fraction of sp³-hybridized carbons (Fsp3) is 0.233. The van der Waals surface area contributed by atoms with Gasteiger partial charge in [-0.15, -0.1) is 4.41 Å². The van der Waals surface area contributed by atoms with Crippen LogP contribution in [0.15, 0.2) is 107 Å². The van der Waals surface area contributed by atoms with Crippen molar-refractivity contribution in [1.82, 2.24) is 13.7 Å². The number of carbonyl (C=O) groups excluding carboxylic acids is 1. The predicted molar refractivity (Wildman–Crippen MR) is 164 cm³/mol. The molecule has 1 saturated heterocycles. The van der Waals surface area contributed by atoms with Crippen molar-refractivity contribution in [2.24, 2.45) is 0 Å². The molecule has 4 aromatic carbocycles. The van der Waals surface area contributed by atoms with Crippen LogP contribution in [0.2, 0.25) is 0 Å². The highest BCUT2D eigenvalue weighted by Gasteiger charge is 2.43. The van der Waals surface area contributed by atoms with Crippen LogP contribution >= 0.6 is 12.6 Å². The molecule has 2 atom stereocenters. The zero-order valence-electron chi connectivity index (χ0n) is 23.1. The molecular weight excluding hydrogens is 595 g/mol. The maximum Gasteiger partial charge on any atom is 0.426 e. The van der Waals surface area contributed by atoms with E-state index in [2.05, 4.69) is 12.6 Å². The first kappa shape index (κ1) is 30.1. The molecule has 0 aromatic heterocycles. The second-order valence-corrected chi connectivity index (χ2v) is 14.6. The Morgan fingerprint density at radius 1 is 0.881 bits per heavy atom. The van der Waals surface area contributed by atoms with Gasteiger partial charge in [0.2, 0.25) is 10.0 Å². The van der Waals surface area contributed by atoms with E-state index in [9.17, 15) is 21.6 Å². The third kappa shape index (κ3) is 6.18. The lowest BCUT2D eigenvalue weighted by Gasteiger charge is -2.32. The quantitative estimate of drug-likeness (QED) is 0.217. The summed E-state index contributed by atoms with van der Waals surface area (Å²) in [4.78, 5) is 13.6. The summed E-state index contributed by atoms with van der Waals surface area (Å²) in [6.45, 7) is 1.71. The first-order valence-electron chi connectivity index (χ1n) is 13.2. The Bertz CT molecular complexity index is 1800. The number of amides is 1. The van der Waals surface area contributed by atoms with Gasteiger partial charge < -0.3 is 4.74 Å². The number of benzene rings is 4. The smallest absolute Gasteiger partial charge is 0.426 e. The molecule has 42 heavy (non-hydrogen) atoms. The normalized spacial score (nSPS) is 17.9. The van der Waals surface area contributed by atoms with Crippen LogP contribution in [-0.2, 0) is 31.3 Å². The molecule has 1 aliphatic rings. The summed E-state index contributed by atoms with van der Waals surface area (Å²) < 4.78 is 62.7. The van der Waals surface area contributed by atoms with Gasteiger partial charge in [-0.3, -0.25) is 0 Å². The van der Waals surface area contributed by atoms with Crippen molar-refractivity contribution in [3.63, 3.8) is 0 Å². The van der Waals surface area contributed by atoms with Gasteiger partial charge in [0.15, 0.2) is 6.23 Å². The van der Waals surface area contributed by atoms with Crippen LogP contribution in [0.3, 0.4) is 0 Å². The van der Waals surface area contributed by atoms with Crippen LogP contribution in [0.4, 0.5) is 4.79 Å². The van der Waals surface area contributed by atoms with Crippen LogP contribution in [0, 0.1) is 6.92 Å². The standard InChI is InChI=1S/C30H31N3O6S3/c1-22-12-15-27(16-13-22)42(37,38)33(20-23-8-4-3-5-9-23)31(2)30(34)39-29-19-26(40)21-32(29)41(35,36)28-17-14-24-10-6-7-11-25(24)18-28/h3-18,26,29,40H,19-21H2,1-2H3/t26-,29+/m1/s1. The molecule has 1 fully saturated rings. The van der Waals surface area contributed by atoms with E-state index in [1.165, 1.54) is 25.2 Å². The Morgan fingerprint density at radius 3 is 2.19 bits per heavy atom. The highest BCUT2D eigenvalue weighted by molar-refractivity contribution is 7.89. The van der Waals surface area contributed by atoms with Crippen molar-refractivity contribution in [1.29, 1.82) is 0 Å². The molecule has 0 radical (unpaired) electrons. The third-order valence-corrected chi connectivity index (χ3v) is 11.1. The van der Waals surface area contributed by atoms with Crippen LogP contribution in [0.1, 0.15) is 17.5 Å². The van der Waals surface area contributed by atoms with E-state index in [1.54, 1.807) is 54.6 Å². The van der Waals surface area contributed by atoms with E-state index in [0.29, 0.717) is 5.56 Å². The SMILES string of the molecule is Cc1ccc(S(=O)(=O)N(Cc2ccccc2)N(C)C(=O)O[C@H]2C[C@@H](S)CN2S(=O)(=O)c2ccc3ccccc3c2)cc1. The lowest BCUT2D eigenvalue weighted by Crippen LogP contribution is -2.49. The molecule has 4 aromatic rings. The summed E-state index contributed by atoms with van der Waals surface area (Å²) in [7, 11) is -6.99. The molecule has 1 amide bonds. The van der Waals surface area contributed by atoms with Crippen molar-refractivity contribution >= 4 is 49.5 Å². The minimum atomic E-state index is -4.20. The number of rotatable bonds is 8. The van der Waals surface area contributed by atoms with Crippen molar-refractivity contribution in [3.8, 4) is 0 Å². The first-order chi connectivity index (χ1) is 20.0. The van der Waals surface area contributed by atoms with Crippen molar-refractivity contribution in [2.75, 3.05) is 13.6 Å². The summed E-state index contributed by atoms with van der Waals surface area (Å²) in [6, 6.07) is 27.4. The zero-order valence-corrected chi connectivity index (χ0v) is 25.6. The average Bonchev–Trinajstić information content (AvgIpc) is 3.36. The Morgan fingerprint density at radius 2 is 1.50 bits per heavy atom. The van der Waals surface area contributed by atoms with E-state index < -0.39 is 32.4 Å². The predicted octanol–water partition coefficient (Wildman–Crippen LogP) is 5.04. The van der Waals surface area contributed by atoms with Crippen molar-refractivity contribution in [2.45, 2.75) is 41.2 Å². The van der Waals surface area contributed by atoms with E-state index >= 15 is 0 Å². The Labute approximate surface area is 251 Å². The van der Waals surface area contributed by atoms with Crippen LogP contribution in [-0.4, -0.2) is 61.7 Å². The van der Waals surface area contributed by atoms with Crippen LogP contribution in [0.5, 0.6) is 0 Å². The van der Waals surface area contributed by atoms with Gasteiger partial charge in [-0.2, -0.15) is 16.9 Å². The topological polar surface area (TPSA) is 104 Å². The number of nitrogens with zero attached hydrogens (tertiary/aromatic N) is 3. The average molecular weight is 626 g/mol. The molecule has 0 N–H and O–H groups in total. The lowest BCUT2D eigenvalue weighted by atomic mass is 10.1. The van der Waals surface area contributed by atoms with Gasteiger partial charge in [0.1, 0.15) is 0 Å². The number of hydrogen-bond donors (Lipinski definition) is 1. The second kappa shape index (κ2) is 12.1. The molecule has 0 aliphatic carbocycles. The fourth-order valence-electron chi connectivity index (χ4n) is 4.78. The molecule has 0 bridgehead atoms. The molecule has 0 spiro atoms. The summed E-state index contributed by atoms with van der Waals surface area (Å²) in [5.41, 5.74) is 1.52. The Hall–Kier alpha value is -3.42. The van der Waals surface area contributed by atoms with Crippen LogP contribution in [0.25, 0.3) is 10.8 Å². The molecule has 5 rings (SSSR count). The van der Waals surface area contributed by atoms with E-state index in [0.717, 1.165) is 30.1 Å².